The number of ether oxygens (including phenoxy) is 1. The number of halogens is 3. The zero-order chi connectivity index (χ0) is 15.7. The Bertz CT molecular complexity index is 814. The van der Waals surface area contributed by atoms with E-state index in [1.165, 1.54) is 24.3 Å². The molecule has 0 unspecified atom stereocenters. The number of benzene rings is 2. The number of alkyl halides is 3. The summed E-state index contributed by atoms with van der Waals surface area (Å²) in [5.74, 6) is 0.0479. The maximum Gasteiger partial charge on any atom is 0.573 e. The first kappa shape index (κ1) is 14.2. The number of anilines is 1. The molecule has 1 aromatic heterocycles. The quantitative estimate of drug-likeness (QED) is 0.764. The Balaban J connectivity index is 1.98. The predicted octanol–water partition coefficient (Wildman–Crippen LogP) is 4.38. The van der Waals surface area contributed by atoms with Gasteiger partial charge in [-0.05, 0) is 29.8 Å². The van der Waals surface area contributed by atoms with Crippen molar-refractivity contribution in [2.75, 3.05) is 5.73 Å². The number of nitrogens with zero attached hydrogens (tertiary/aromatic N) is 1. The van der Waals surface area contributed by atoms with Gasteiger partial charge in [-0.3, -0.25) is 0 Å². The molecule has 0 spiro atoms. The molecule has 0 aliphatic heterocycles. The number of nitrogens with two attached hydrogens (primary N) is 1. The SMILES string of the molecule is Nc1nc2ccccc2cc1-c1ccc(OC(F)(F)F)cc1. The largest absolute Gasteiger partial charge is 0.573 e. The molecular formula is C16H11F3N2O. The van der Waals surface area contributed by atoms with Crippen LogP contribution in [-0.4, -0.2) is 11.3 Å². The molecule has 6 heteroatoms. The van der Waals surface area contributed by atoms with Gasteiger partial charge in [0.15, 0.2) is 0 Å². The van der Waals surface area contributed by atoms with Gasteiger partial charge in [-0.1, -0.05) is 30.3 Å². The number of hydrogen-bond acceptors (Lipinski definition) is 3. The molecule has 3 nitrogen and oxygen atoms in total. The fraction of sp³-hybridized carbons (Fsp3) is 0.0625. The molecule has 2 N–H and O–H groups in total. The summed E-state index contributed by atoms with van der Waals surface area (Å²) in [4.78, 5) is 4.30. The van der Waals surface area contributed by atoms with E-state index in [0.717, 1.165) is 10.9 Å². The number of hydrogen-bond donors (Lipinski definition) is 1. The minimum atomic E-state index is -4.70. The highest BCUT2D eigenvalue weighted by molar-refractivity contribution is 5.88. The van der Waals surface area contributed by atoms with Crippen LogP contribution in [-0.2, 0) is 0 Å². The third-order valence-electron chi connectivity index (χ3n) is 3.15. The van der Waals surface area contributed by atoms with Crippen LogP contribution in [0.25, 0.3) is 22.0 Å². The summed E-state index contributed by atoms with van der Waals surface area (Å²) in [7, 11) is 0. The summed E-state index contributed by atoms with van der Waals surface area (Å²) in [6.07, 6.45) is -4.70. The van der Waals surface area contributed by atoms with Crippen molar-refractivity contribution < 1.29 is 17.9 Å². The molecule has 0 aliphatic rings. The van der Waals surface area contributed by atoms with E-state index in [9.17, 15) is 13.2 Å². The minimum absolute atomic E-state index is 0.274. The molecular weight excluding hydrogens is 293 g/mol. The summed E-state index contributed by atoms with van der Waals surface area (Å²) in [5, 5.41) is 0.905. The van der Waals surface area contributed by atoms with Crippen molar-refractivity contribution in [3.63, 3.8) is 0 Å². The average Bonchev–Trinajstić information content (AvgIpc) is 2.46. The van der Waals surface area contributed by atoms with Crippen LogP contribution in [0, 0.1) is 0 Å². The second kappa shape index (κ2) is 5.22. The van der Waals surface area contributed by atoms with Crippen LogP contribution in [0.5, 0.6) is 5.75 Å². The molecule has 0 bridgehead atoms. The number of fused-ring (bicyclic) bond motifs is 1. The van der Waals surface area contributed by atoms with E-state index < -0.39 is 6.36 Å². The number of nitrogen functional groups attached to an aromatic ring is 1. The summed E-state index contributed by atoms with van der Waals surface area (Å²) in [6.45, 7) is 0. The Morgan fingerprint density at radius 2 is 1.64 bits per heavy atom. The topological polar surface area (TPSA) is 48.1 Å². The van der Waals surface area contributed by atoms with Gasteiger partial charge in [-0.15, -0.1) is 13.2 Å². The third-order valence-corrected chi connectivity index (χ3v) is 3.15. The minimum Gasteiger partial charge on any atom is -0.406 e. The van der Waals surface area contributed by atoms with E-state index in [4.69, 9.17) is 5.73 Å². The number of rotatable bonds is 2. The van der Waals surface area contributed by atoms with Gasteiger partial charge in [-0.2, -0.15) is 0 Å². The van der Waals surface area contributed by atoms with E-state index >= 15 is 0 Å². The van der Waals surface area contributed by atoms with Crippen molar-refractivity contribution in [2.24, 2.45) is 0 Å². The van der Waals surface area contributed by atoms with Crippen molar-refractivity contribution in [1.29, 1.82) is 0 Å². The molecule has 0 radical (unpaired) electrons. The highest BCUT2D eigenvalue weighted by Crippen LogP contribution is 2.30. The Kier molecular flexibility index (Phi) is 3.36. The number of aromatic nitrogens is 1. The molecule has 3 aromatic rings. The molecule has 0 saturated carbocycles. The van der Waals surface area contributed by atoms with Gasteiger partial charge in [0.2, 0.25) is 0 Å². The highest BCUT2D eigenvalue weighted by atomic mass is 19.4. The molecule has 0 amide bonds. The molecule has 0 saturated heterocycles. The van der Waals surface area contributed by atoms with Gasteiger partial charge >= 0.3 is 6.36 Å². The molecule has 2 aromatic carbocycles. The number of para-hydroxylation sites is 1. The van der Waals surface area contributed by atoms with E-state index in [-0.39, 0.29) is 5.75 Å². The Morgan fingerprint density at radius 1 is 0.955 bits per heavy atom. The normalized spacial score (nSPS) is 11.6. The first-order valence-corrected chi connectivity index (χ1v) is 6.44. The molecule has 0 fully saturated rings. The zero-order valence-corrected chi connectivity index (χ0v) is 11.3. The van der Waals surface area contributed by atoms with Crippen LogP contribution in [0.1, 0.15) is 0 Å². The van der Waals surface area contributed by atoms with Gasteiger partial charge in [-0.25, -0.2) is 4.98 Å². The van der Waals surface area contributed by atoms with Crippen LogP contribution in [0.4, 0.5) is 19.0 Å². The fourth-order valence-electron chi connectivity index (χ4n) is 2.20. The van der Waals surface area contributed by atoms with Crippen molar-refractivity contribution in [1.82, 2.24) is 4.98 Å². The Labute approximate surface area is 124 Å². The highest BCUT2D eigenvalue weighted by Gasteiger charge is 2.30. The van der Waals surface area contributed by atoms with Crippen molar-refractivity contribution in [3.05, 3.63) is 54.6 Å². The van der Waals surface area contributed by atoms with Crippen LogP contribution < -0.4 is 10.5 Å². The number of pyridine rings is 1. The lowest BCUT2D eigenvalue weighted by Crippen LogP contribution is -2.16. The van der Waals surface area contributed by atoms with Crippen LogP contribution in [0.3, 0.4) is 0 Å². The summed E-state index contributed by atoms with van der Waals surface area (Å²) < 4.78 is 40.3. The average molecular weight is 304 g/mol. The van der Waals surface area contributed by atoms with Crippen LogP contribution in [0.2, 0.25) is 0 Å². The van der Waals surface area contributed by atoms with Gasteiger partial charge < -0.3 is 10.5 Å². The zero-order valence-electron chi connectivity index (χ0n) is 11.3. The predicted molar refractivity (Wildman–Crippen MR) is 78.3 cm³/mol. The summed E-state index contributed by atoms with van der Waals surface area (Å²) in [5.41, 5.74) is 8.04. The lowest BCUT2D eigenvalue weighted by atomic mass is 10.0. The molecule has 1 heterocycles. The Hall–Kier alpha value is -2.76. The van der Waals surface area contributed by atoms with Gasteiger partial charge in [0.25, 0.3) is 0 Å². The molecule has 3 rings (SSSR count). The van der Waals surface area contributed by atoms with Crippen LogP contribution in [0.15, 0.2) is 54.6 Å². The monoisotopic (exact) mass is 304 g/mol. The second-order valence-corrected chi connectivity index (χ2v) is 4.69. The molecule has 112 valence electrons. The van der Waals surface area contributed by atoms with E-state index in [0.29, 0.717) is 16.9 Å². The molecule has 22 heavy (non-hydrogen) atoms. The Morgan fingerprint density at radius 3 is 2.32 bits per heavy atom. The lowest BCUT2D eigenvalue weighted by molar-refractivity contribution is -0.274. The second-order valence-electron chi connectivity index (χ2n) is 4.69. The first-order chi connectivity index (χ1) is 10.4. The molecule has 0 aliphatic carbocycles. The summed E-state index contributed by atoms with van der Waals surface area (Å²) in [6, 6.07) is 14.9. The molecule has 0 atom stereocenters. The van der Waals surface area contributed by atoms with Gasteiger partial charge in [0.1, 0.15) is 11.6 Å². The fourth-order valence-corrected chi connectivity index (χ4v) is 2.20. The van der Waals surface area contributed by atoms with Gasteiger partial charge in [0.05, 0.1) is 5.52 Å². The van der Waals surface area contributed by atoms with Crippen molar-refractivity contribution >= 4 is 16.7 Å². The third kappa shape index (κ3) is 2.95. The maximum atomic E-state index is 12.2. The standard InChI is InChI=1S/C16H11F3N2O/c17-16(18,19)22-12-7-5-10(6-8-12)13-9-11-3-1-2-4-14(11)21-15(13)20/h1-9H,(H2,20,21). The van der Waals surface area contributed by atoms with Gasteiger partial charge in [0, 0.05) is 10.9 Å². The smallest absolute Gasteiger partial charge is 0.406 e. The van der Waals surface area contributed by atoms with E-state index in [1.54, 1.807) is 0 Å². The lowest BCUT2D eigenvalue weighted by Gasteiger charge is -2.10. The first-order valence-electron chi connectivity index (χ1n) is 6.44. The van der Waals surface area contributed by atoms with E-state index in [2.05, 4.69) is 9.72 Å². The van der Waals surface area contributed by atoms with Crippen molar-refractivity contribution in [2.45, 2.75) is 6.36 Å². The van der Waals surface area contributed by atoms with Crippen LogP contribution >= 0.6 is 0 Å². The van der Waals surface area contributed by atoms with E-state index in [1.807, 2.05) is 30.3 Å². The summed E-state index contributed by atoms with van der Waals surface area (Å²) >= 11 is 0. The maximum absolute atomic E-state index is 12.2. The van der Waals surface area contributed by atoms with Crippen molar-refractivity contribution in [3.8, 4) is 16.9 Å².